The van der Waals surface area contributed by atoms with E-state index in [9.17, 15) is 4.79 Å². The largest absolute Gasteiger partial charge is 0.497 e. The first-order valence-electron chi connectivity index (χ1n) is 9.57. The van der Waals surface area contributed by atoms with Crippen LogP contribution in [0.5, 0.6) is 5.75 Å². The molecule has 1 aliphatic heterocycles. The number of benzene rings is 1. The van der Waals surface area contributed by atoms with E-state index >= 15 is 0 Å². The first-order chi connectivity index (χ1) is 14.1. The van der Waals surface area contributed by atoms with Crippen LogP contribution in [-0.4, -0.2) is 62.4 Å². The molecule has 3 aromatic rings. The Balaban J connectivity index is 1.39. The van der Waals surface area contributed by atoms with Crippen LogP contribution in [0.25, 0.3) is 5.69 Å². The smallest absolute Gasteiger partial charge is 0.276 e. The van der Waals surface area contributed by atoms with Crippen LogP contribution in [0.2, 0.25) is 0 Å². The molecule has 1 amide bonds. The molecule has 1 aromatic carbocycles. The molecule has 0 bridgehead atoms. The van der Waals surface area contributed by atoms with Crippen molar-refractivity contribution in [3.8, 4) is 11.4 Å². The zero-order chi connectivity index (χ0) is 20.2. The molecule has 0 saturated carbocycles. The highest BCUT2D eigenvalue weighted by molar-refractivity contribution is 5.91. The van der Waals surface area contributed by atoms with Crippen LogP contribution in [0.15, 0.2) is 42.9 Å². The number of carbonyl (C=O) groups is 1. The molecule has 0 N–H and O–H groups in total. The summed E-state index contributed by atoms with van der Waals surface area (Å²) in [5.74, 6) is 0.579. The number of rotatable bonds is 7. The second-order valence-electron chi connectivity index (χ2n) is 7.12. The fraction of sp³-hybridized carbons (Fsp3) is 0.400. The Morgan fingerprint density at radius 1 is 1.38 bits per heavy atom. The van der Waals surface area contributed by atoms with Crippen LogP contribution < -0.4 is 4.74 Å². The molecule has 152 valence electrons. The van der Waals surface area contributed by atoms with Crippen molar-refractivity contribution in [3.05, 3.63) is 54.1 Å². The van der Waals surface area contributed by atoms with Crippen molar-refractivity contribution in [1.82, 2.24) is 29.7 Å². The van der Waals surface area contributed by atoms with E-state index in [0.717, 1.165) is 36.4 Å². The number of amides is 1. The van der Waals surface area contributed by atoms with Crippen molar-refractivity contribution in [2.75, 3.05) is 20.8 Å². The van der Waals surface area contributed by atoms with E-state index in [1.54, 1.807) is 40.8 Å². The number of hydrogen-bond acceptors (Lipinski definition) is 6. The second-order valence-corrected chi connectivity index (χ2v) is 7.12. The van der Waals surface area contributed by atoms with Crippen molar-refractivity contribution in [3.63, 3.8) is 0 Å². The number of aromatic nitrogens is 5. The highest BCUT2D eigenvalue weighted by Crippen LogP contribution is 2.17. The van der Waals surface area contributed by atoms with Crippen LogP contribution in [0, 0.1) is 0 Å². The molecule has 1 unspecified atom stereocenters. The average molecular weight is 396 g/mol. The quantitative estimate of drug-likeness (QED) is 0.606. The van der Waals surface area contributed by atoms with Crippen LogP contribution in [0.4, 0.5) is 0 Å². The number of nitrogens with zero attached hydrogens (tertiary/aromatic N) is 6. The lowest BCUT2D eigenvalue weighted by atomic mass is 10.2. The summed E-state index contributed by atoms with van der Waals surface area (Å²) in [5, 5.41) is 12.5. The molecule has 4 rings (SSSR count). The molecular formula is C20H24N6O3. The first-order valence-corrected chi connectivity index (χ1v) is 9.57. The van der Waals surface area contributed by atoms with Crippen molar-refractivity contribution in [1.29, 1.82) is 0 Å². The highest BCUT2D eigenvalue weighted by Gasteiger charge is 2.20. The summed E-state index contributed by atoms with van der Waals surface area (Å²) in [6.07, 6.45) is 7.56. The molecule has 0 radical (unpaired) electrons. The highest BCUT2D eigenvalue weighted by atomic mass is 16.5. The van der Waals surface area contributed by atoms with Gasteiger partial charge in [0.1, 0.15) is 5.75 Å². The number of carbonyl (C=O) groups excluding carboxylic acids is 1. The van der Waals surface area contributed by atoms with Gasteiger partial charge in [-0.15, -0.1) is 5.10 Å². The summed E-state index contributed by atoms with van der Waals surface area (Å²) in [6.45, 7) is 1.83. The molecule has 9 heteroatoms. The summed E-state index contributed by atoms with van der Waals surface area (Å²) < 4.78 is 14.3. The first kappa shape index (κ1) is 19.1. The molecular weight excluding hydrogens is 372 g/mol. The molecule has 29 heavy (non-hydrogen) atoms. The Morgan fingerprint density at radius 2 is 2.28 bits per heavy atom. The second kappa shape index (κ2) is 8.44. The summed E-state index contributed by atoms with van der Waals surface area (Å²) in [7, 11) is 3.37. The van der Waals surface area contributed by atoms with E-state index in [0.29, 0.717) is 18.8 Å². The molecule has 2 aromatic heterocycles. The minimum atomic E-state index is -0.183. The average Bonchev–Trinajstić information content (AvgIpc) is 3.50. The van der Waals surface area contributed by atoms with Gasteiger partial charge in [0.15, 0.2) is 5.69 Å². The Labute approximate surface area is 168 Å². The maximum Gasteiger partial charge on any atom is 0.276 e. The van der Waals surface area contributed by atoms with Gasteiger partial charge < -0.3 is 14.4 Å². The number of hydrogen-bond donors (Lipinski definition) is 0. The molecule has 0 aliphatic carbocycles. The van der Waals surface area contributed by atoms with Crippen LogP contribution in [0.3, 0.4) is 0 Å². The number of methoxy groups -OCH3 is 1. The predicted octanol–water partition coefficient (Wildman–Crippen LogP) is 1.92. The summed E-state index contributed by atoms with van der Waals surface area (Å²) in [4.78, 5) is 14.3. The maximum absolute atomic E-state index is 12.7. The van der Waals surface area contributed by atoms with Gasteiger partial charge in [-0.05, 0) is 25.0 Å². The molecule has 9 nitrogen and oxygen atoms in total. The monoisotopic (exact) mass is 396 g/mol. The summed E-state index contributed by atoms with van der Waals surface area (Å²) in [6, 6.07) is 7.63. The van der Waals surface area contributed by atoms with Crippen molar-refractivity contribution >= 4 is 5.91 Å². The van der Waals surface area contributed by atoms with Gasteiger partial charge >= 0.3 is 0 Å². The van der Waals surface area contributed by atoms with E-state index in [1.165, 1.54) is 0 Å². The lowest BCUT2D eigenvalue weighted by Gasteiger charge is -2.14. The topological polar surface area (TPSA) is 87.3 Å². The minimum Gasteiger partial charge on any atom is -0.497 e. The molecule has 3 heterocycles. The summed E-state index contributed by atoms with van der Waals surface area (Å²) >= 11 is 0. The predicted molar refractivity (Wildman–Crippen MR) is 105 cm³/mol. The molecule has 1 atom stereocenters. The van der Waals surface area contributed by atoms with Crippen molar-refractivity contribution < 1.29 is 14.3 Å². The lowest BCUT2D eigenvalue weighted by molar-refractivity contribution is 0.0778. The molecule has 1 fully saturated rings. The maximum atomic E-state index is 12.7. The van der Waals surface area contributed by atoms with Gasteiger partial charge in [0.05, 0.1) is 37.8 Å². The molecule has 0 spiro atoms. The van der Waals surface area contributed by atoms with E-state index in [1.807, 2.05) is 30.5 Å². The SMILES string of the molecule is COc1cccc(-n2cc(CN(C)C(=O)c3cn(CC4CCCO4)nn3)cn2)c1. The van der Waals surface area contributed by atoms with E-state index < -0.39 is 0 Å². The number of ether oxygens (including phenoxy) is 2. The zero-order valence-electron chi connectivity index (χ0n) is 16.6. The standard InChI is InChI=1S/C20H24N6O3/c1-24(20(27)19-14-25(23-22-19)13-18-7-4-8-29-18)11-15-10-21-26(12-15)16-5-3-6-17(9-16)28-2/h3,5-6,9-10,12,14,18H,4,7-8,11,13H2,1-2H3. The van der Waals surface area contributed by atoms with Gasteiger partial charge in [-0.1, -0.05) is 11.3 Å². The fourth-order valence-electron chi connectivity index (χ4n) is 3.36. The van der Waals surface area contributed by atoms with Gasteiger partial charge in [-0.25, -0.2) is 9.36 Å². The lowest BCUT2D eigenvalue weighted by Crippen LogP contribution is -2.26. The van der Waals surface area contributed by atoms with E-state index in [4.69, 9.17) is 9.47 Å². The van der Waals surface area contributed by atoms with Gasteiger partial charge in [-0.3, -0.25) is 4.79 Å². The minimum absolute atomic E-state index is 0.153. The third-order valence-electron chi connectivity index (χ3n) is 4.89. The van der Waals surface area contributed by atoms with E-state index in [-0.39, 0.29) is 12.0 Å². The third-order valence-corrected chi connectivity index (χ3v) is 4.89. The normalized spacial score (nSPS) is 16.1. The van der Waals surface area contributed by atoms with Crippen LogP contribution in [-0.2, 0) is 17.8 Å². The van der Waals surface area contributed by atoms with Crippen LogP contribution in [0.1, 0.15) is 28.9 Å². The Morgan fingerprint density at radius 3 is 3.07 bits per heavy atom. The van der Waals surface area contributed by atoms with Gasteiger partial charge in [-0.2, -0.15) is 5.10 Å². The zero-order valence-corrected chi connectivity index (χ0v) is 16.6. The van der Waals surface area contributed by atoms with Crippen LogP contribution >= 0.6 is 0 Å². The Kier molecular flexibility index (Phi) is 5.57. The Bertz CT molecular complexity index is 976. The third kappa shape index (κ3) is 4.45. The molecule has 1 saturated heterocycles. The van der Waals surface area contributed by atoms with Gasteiger partial charge in [0, 0.05) is 38.0 Å². The van der Waals surface area contributed by atoms with Gasteiger partial charge in [0.25, 0.3) is 5.91 Å². The van der Waals surface area contributed by atoms with Crippen molar-refractivity contribution in [2.24, 2.45) is 0 Å². The summed E-state index contributed by atoms with van der Waals surface area (Å²) in [5.41, 5.74) is 2.13. The Hall–Kier alpha value is -3.20. The fourth-order valence-corrected chi connectivity index (χ4v) is 3.36. The van der Waals surface area contributed by atoms with Gasteiger partial charge in [0.2, 0.25) is 0 Å². The van der Waals surface area contributed by atoms with Crippen molar-refractivity contribution in [2.45, 2.75) is 32.0 Å². The van der Waals surface area contributed by atoms with E-state index in [2.05, 4.69) is 15.4 Å². The molecule has 1 aliphatic rings.